The fourth-order valence-electron chi connectivity index (χ4n) is 2.70. The van der Waals surface area contributed by atoms with Crippen LogP contribution in [0.25, 0.3) is 5.65 Å². The lowest BCUT2D eigenvalue weighted by Gasteiger charge is -2.19. The van der Waals surface area contributed by atoms with E-state index in [0.29, 0.717) is 12.1 Å². The van der Waals surface area contributed by atoms with Crippen LogP contribution in [0.15, 0.2) is 48.8 Å². The second-order valence-electron chi connectivity index (χ2n) is 7.48. The highest BCUT2D eigenvalue weighted by Gasteiger charge is 2.17. The Bertz CT molecular complexity index is 905. The third kappa shape index (κ3) is 4.49. The number of fused-ring (bicyclic) bond motifs is 1. The molecule has 5 heteroatoms. The molecule has 0 unspecified atom stereocenters. The van der Waals surface area contributed by atoms with E-state index in [4.69, 9.17) is 4.74 Å². The number of pyridine rings is 1. The lowest BCUT2D eigenvalue weighted by atomic mass is 10.1. The summed E-state index contributed by atoms with van der Waals surface area (Å²) in [6.45, 7) is 9.10. The molecule has 2 aromatic heterocycles. The van der Waals surface area contributed by atoms with E-state index in [0.717, 1.165) is 23.4 Å². The Labute approximate surface area is 154 Å². The highest BCUT2D eigenvalue weighted by molar-refractivity contribution is 5.89. The second-order valence-corrected chi connectivity index (χ2v) is 7.48. The monoisotopic (exact) mass is 351 g/mol. The van der Waals surface area contributed by atoms with Crippen LogP contribution in [0.4, 0.5) is 0 Å². The topological polar surface area (TPSA) is 55.6 Å². The Balaban J connectivity index is 1.57. The number of esters is 1. The molecule has 0 aliphatic rings. The molecular weight excluding hydrogens is 326 g/mol. The maximum atomic E-state index is 12.0. The van der Waals surface area contributed by atoms with E-state index in [1.807, 2.05) is 57.4 Å². The van der Waals surface area contributed by atoms with Gasteiger partial charge >= 0.3 is 5.97 Å². The van der Waals surface area contributed by atoms with Gasteiger partial charge < -0.3 is 14.5 Å². The van der Waals surface area contributed by atoms with Gasteiger partial charge in [-0.05, 0) is 63.1 Å². The van der Waals surface area contributed by atoms with Gasteiger partial charge in [-0.3, -0.25) is 0 Å². The summed E-state index contributed by atoms with van der Waals surface area (Å²) >= 11 is 0. The summed E-state index contributed by atoms with van der Waals surface area (Å²) in [5, 5.41) is 3.42. The Morgan fingerprint density at radius 3 is 2.58 bits per heavy atom. The Morgan fingerprint density at radius 2 is 1.88 bits per heavy atom. The second kappa shape index (κ2) is 7.30. The fourth-order valence-corrected chi connectivity index (χ4v) is 2.70. The average Bonchev–Trinajstić information content (AvgIpc) is 2.96. The van der Waals surface area contributed by atoms with Crippen LogP contribution in [-0.4, -0.2) is 21.0 Å². The Kier molecular flexibility index (Phi) is 5.09. The lowest BCUT2D eigenvalue weighted by molar-refractivity contribution is 0.00695. The van der Waals surface area contributed by atoms with Gasteiger partial charge in [0.25, 0.3) is 0 Å². The predicted octanol–water partition coefficient (Wildman–Crippen LogP) is 3.89. The molecule has 0 bridgehead atoms. The van der Waals surface area contributed by atoms with Crippen LogP contribution in [0, 0.1) is 6.92 Å². The van der Waals surface area contributed by atoms with Gasteiger partial charge in [0.05, 0.1) is 17.5 Å². The summed E-state index contributed by atoms with van der Waals surface area (Å²) in [6, 6.07) is 11.7. The molecule has 136 valence electrons. The number of ether oxygens (including phenoxy) is 1. The highest BCUT2D eigenvalue weighted by atomic mass is 16.6. The number of aryl methyl sites for hydroxylation is 1. The van der Waals surface area contributed by atoms with Gasteiger partial charge in [0.1, 0.15) is 11.2 Å². The van der Waals surface area contributed by atoms with E-state index in [-0.39, 0.29) is 5.97 Å². The summed E-state index contributed by atoms with van der Waals surface area (Å²) in [7, 11) is 0. The van der Waals surface area contributed by atoms with Gasteiger partial charge in [-0.15, -0.1) is 0 Å². The van der Waals surface area contributed by atoms with Crippen molar-refractivity contribution in [3.8, 4) is 0 Å². The maximum Gasteiger partial charge on any atom is 0.338 e. The van der Waals surface area contributed by atoms with Crippen molar-refractivity contribution in [3.63, 3.8) is 0 Å². The van der Waals surface area contributed by atoms with Crippen molar-refractivity contribution in [1.29, 1.82) is 0 Å². The quantitative estimate of drug-likeness (QED) is 0.709. The molecule has 0 saturated carbocycles. The first-order chi connectivity index (χ1) is 12.3. The first-order valence-corrected chi connectivity index (χ1v) is 8.77. The fraction of sp³-hybridized carbons (Fsp3) is 0.333. The highest BCUT2D eigenvalue weighted by Crippen LogP contribution is 2.13. The molecule has 0 atom stereocenters. The standard InChI is InChI=1S/C21H25N3O2/c1-15-9-10-24-18(14-23-19(24)11-15)13-22-12-16-5-7-17(8-6-16)20(25)26-21(2,3)4/h5-11,14,22H,12-13H2,1-4H3. The number of hydrogen-bond acceptors (Lipinski definition) is 4. The Hall–Kier alpha value is -2.66. The molecule has 26 heavy (non-hydrogen) atoms. The number of imidazole rings is 1. The van der Waals surface area contributed by atoms with E-state index < -0.39 is 5.60 Å². The van der Waals surface area contributed by atoms with Gasteiger partial charge in [0.15, 0.2) is 0 Å². The number of carbonyl (C=O) groups excluding carboxylic acids is 1. The molecule has 0 saturated heterocycles. The van der Waals surface area contributed by atoms with Crippen LogP contribution in [0.2, 0.25) is 0 Å². The summed E-state index contributed by atoms with van der Waals surface area (Å²) in [5.41, 5.74) is 4.48. The van der Waals surface area contributed by atoms with Gasteiger partial charge in [-0.25, -0.2) is 9.78 Å². The molecule has 0 spiro atoms. The van der Waals surface area contributed by atoms with Crippen molar-refractivity contribution < 1.29 is 9.53 Å². The van der Waals surface area contributed by atoms with Crippen molar-refractivity contribution in [2.45, 2.75) is 46.4 Å². The zero-order valence-corrected chi connectivity index (χ0v) is 15.7. The normalized spacial score (nSPS) is 11.7. The molecule has 0 fully saturated rings. The number of nitrogens with zero attached hydrogens (tertiary/aromatic N) is 2. The molecular formula is C21H25N3O2. The summed E-state index contributed by atoms with van der Waals surface area (Å²) in [4.78, 5) is 16.5. The van der Waals surface area contributed by atoms with Gasteiger partial charge in [-0.2, -0.15) is 0 Å². The SMILES string of the molecule is Cc1ccn2c(CNCc3ccc(C(=O)OC(C)(C)C)cc3)cnc2c1. The van der Waals surface area contributed by atoms with Crippen LogP contribution in [0.1, 0.15) is 48.0 Å². The van der Waals surface area contributed by atoms with E-state index in [9.17, 15) is 4.79 Å². The van der Waals surface area contributed by atoms with Gasteiger partial charge in [0.2, 0.25) is 0 Å². The molecule has 3 aromatic rings. The molecule has 0 radical (unpaired) electrons. The smallest absolute Gasteiger partial charge is 0.338 e. The Morgan fingerprint density at radius 1 is 1.15 bits per heavy atom. The number of rotatable bonds is 5. The van der Waals surface area contributed by atoms with Crippen LogP contribution < -0.4 is 5.32 Å². The third-order valence-corrected chi connectivity index (χ3v) is 3.97. The van der Waals surface area contributed by atoms with Crippen molar-refractivity contribution >= 4 is 11.6 Å². The molecule has 5 nitrogen and oxygen atoms in total. The first-order valence-electron chi connectivity index (χ1n) is 8.77. The largest absolute Gasteiger partial charge is 0.456 e. The third-order valence-electron chi connectivity index (χ3n) is 3.97. The zero-order valence-electron chi connectivity index (χ0n) is 15.7. The van der Waals surface area contributed by atoms with Crippen molar-refractivity contribution in [1.82, 2.24) is 14.7 Å². The first kappa shape index (κ1) is 18.1. The van der Waals surface area contributed by atoms with Gasteiger partial charge in [-0.1, -0.05) is 12.1 Å². The average molecular weight is 351 g/mol. The van der Waals surface area contributed by atoms with Crippen molar-refractivity contribution in [2.24, 2.45) is 0 Å². The lowest BCUT2D eigenvalue weighted by Crippen LogP contribution is -2.23. The van der Waals surface area contributed by atoms with E-state index in [1.54, 1.807) is 0 Å². The summed E-state index contributed by atoms with van der Waals surface area (Å²) in [6.07, 6.45) is 3.94. The number of carbonyl (C=O) groups is 1. The minimum Gasteiger partial charge on any atom is -0.456 e. The van der Waals surface area contributed by atoms with Crippen molar-refractivity contribution in [2.75, 3.05) is 0 Å². The number of hydrogen-bond donors (Lipinski definition) is 1. The molecule has 2 heterocycles. The predicted molar refractivity (Wildman–Crippen MR) is 102 cm³/mol. The number of aromatic nitrogens is 2. The molecule has 3 rings (SSSR count). The minimum absolute atomic E-state index is 0.293. The van der Waals surface area contributed by atoms with E-state index in [1.165, 1.54) is 5.56 Å². The maximum absolute atomic E-state index is 12.0. The molecule has 1 N–H and O–H groups in total. The van der Waals surface area contributed by atoms with Crippen LogP contribution >= 0.6 is 0 Å². The van der Waals surface area contributed by atoms with Crippen LogP contribution in [-0.2, 0) is 17.8 Å². The molecule has 0 aliphatic heterocycles. The van der Waals surface area contributed by atoms with E-state index >= 15 is 0 Å². The molecule has 0 aliphatic carbocycles. The molecule has 1 aromatic carbocycles. The zero-order chi connectivity index (χ0) is 18.7. The number of nitrogens with one attached hydrogen (secondary N) is 1. The summed E-state index contributed by atoms with van der Waals surface area (Å²) < 4.78 is 7.47. The van der Waals surface area contributed by atoms with Gasteiger partial charge in [0, 0.05) is 19.3 Å². The van der Waals surface area contributed by atoms with Crippen molar-refractivity contribution in [3.05, 3.63) is 71.2 Å². The molecule has 0 amide bonds. The van der Waals surface area contributed by atoms with Crippen LogP contribution in [0.3, 0.4) is 0 Å². The summed E-state index contributed by atoms with van der Waals surface area (Å²) in [5.74, 6) is -0.293. The minimum atomic E-state index is -0.482. The van der Waals surface area contributed by atoms with Crippen LogP contribution in [0.5, 0.6) is 0 Å². The van der Waals surface area contributed by atoms with E-state index in [2.05, 4.69) is 33.8 Å². The number of benzene rings is 1.